The van der Waals surface area contributed by atoms with E-state index in [4.69, 9.17) is 4.42 Å². The molecule has 22 heavy (non-hydrogen) atoms. The van der Waals surface area contributed by atoms with E-state index < -0.39 is 5.91 Å². The summed E-state index contributed by atoms with van der Waals surface area (Å²) in [5, 5.41) is 5.72. The second-order valence-corrected chi connectivity index (χ2v) is 4.71. The minimum Gasteiger partial charge on any atom is -0.438 e. The molecule has 1 amide bonds. The summed E-state index contributed by atoms with van der Waals surface area (Å²) in [7, 11) is 0. The van der Waals surface area contributed by atoms with Crippen LogP contribution in [0.25, 0.3) is 0 Å². The van der Waals surface area contributed by atoms with E-state index in [-0.39, 0.29) is 42.1 Å². The molecule has 120 valence electrons. The number of carbonyl (C=O) groups excluding carboxylic acids is 1. The monoisotopic (exact) mass is 347 g/mol. The lowest BCUT2D eigenvalue weighted by Crippen LogP contribution is -2.25. The van der Waals surface area contributed by atoms with Gasteiger partial charge in [0.05, 0.1) is 11.4 Å². The largest absolute Gasteiger partial charge is 0.438 e. The van der Waals surface area contributed by atoms with Crippen LogP contribution in [0.4, 0.5) is 10.1 Å². The molecular weight excluding hydrogens is 332 g/mol. The van der Waals surface area contributed by atoms with Crippen LogP contribution in [0.15, 0.2) is 22.9 Å². The maximum Gasteiger partial charge on any atom is 0.293 e. The standard InChI is InChI=1S/C14H14FN3O2.2ClH/c1-8-13(20-7-17-8)14(19)18-11-3-2-9-6-16-5-4-10(9)12(11)15;;/h2-3,7,16H,4-6H2,1H3,(H,18,19);2*1H. The van der Waals surface area contributed by atoms with Gasteiger partial charge < -0.3 is 15.1 Å². The Balaban J connectivity index is 0.00000121. The van der Waals surface area contributed by atoms with E-state index in [0.29, 0.717) is 24.2 Å². The maximum absolute atomic E-state index is 14.4. The lowest BCUT2D eigenvalue weighted by atomic mass is 9.99. The van der Waals surface area contributed by atoms with Gasteiger partial charge in [-0.15, -0.1) is 24.8 Å². The first-order valence-corrected chi connectivity index (χ1v) is 6.39. The molecule has 5 nitrogen and oxygen atoms in total. The van der Waals surface area contributed by atoms with Crippen molar-refractivity contribution in [3.8, 4) is 0 Å². The number of hydrogen-bond acceptors (Lipinski definition) is 4. The van der Waals surface area contributed by atoms with Crippen molar-refractivity contribution in [2.45, 2.75) is 19.9 Å². The molecule has 8 heteroatoms. The molecule has 0 spiro atoms. The molecular formula is C14H16Cl2FN3O2. The minimum atomic E-state index is -0.493. The summed E-state index contributed by atoms with van der Waals surface area (Å²) in [6.07, 6.45) is 1.81. The van der Waals surface area contributed by atoms with Crippen LogP contribution in [0.3, 0.4) is 0 Å². The first-order valence-electron chi connectivity index (χ1n) is 6.39. The molecule has 3 rings (SSSR count). The average molecular weight is 348 g/mol. The number of benzene rings is 1. The molecule has 2 N–H and O–H groups in total. The van der Waals surface area contributed by atoms with Gasteiger partial charge in [-0.1, -0.05) is 6.07 Å². The Morgan fingerprint density at radius 3 is 2.86 bits per heavy atom. The molecule has 2 heterocycles. The summed E-state index contributed by atoms with van der Waals surface area (Å²) in [5.41, 5.74) is 2.25. The lowest BCUT2D eigenvalue weighted by Gasteiger charge is -2.19. The molecule has 0 aliphatic carbocycles. The van der Waals surface area contributed by atoms with Crippen LogP contribution in [0.5, 0.6) is 0 Å². The van der Waals surface area contributed by atoms with E-state index in [1.54, 1.807) is 13.0 Å². The van der Waals surface area contributed by atoms with Crippen molar-refractivity contribution >= 4 is 36.4 Å². The highest BCUT2D eigenvalue weighted by molar-refractivity contribution is 6.03. The second-order valence-electron chi connectivity index (χ2n) is 4.71. The fourth-order valence-corrected chi connectivity index (χ4v) is 2.33. The third-order valence-corrected chi connectivity index (χ3v) is 3.41. The Morgan fingerprint density at radius 1 is 1.41 bits per heavy atom. The van der Waals surface area contributed by atoms with Gasteiger partial charge >= 0.3 is 0 Å². The van der Waals surface area contributed by atoms with Gasteiger partial charge in [-0.05, 0) is 37.1 Å². The van der Waals surface area contributed by atoms with Crippen molar-refractivity contribution in [3.05, 3.63) is 46.9 Å². The molecule has 1 aliphatic rings. The first kappa shape index (κ1) is 18.4. The number of nitrogens with zero attached hydrogens (tertiary/aromatic N) is 1. The normalized spacial score (nSPS) is 12.6. The van der Waals surface area contributed by atoms with Crippen LogP contribution >= 0.6 is 24.8 Å². The molecule has 1 aromatic carbocycles. The van der Waals surface area contributed by atoms with Crippen LogP contribution in [-0.4, -0.2) is 17.4 Å². The summed E-state index contributed by atoms with van der Waals surface area (Å²) < 4.78 is 19.4. The highest BCUT2D eigenvalue weighted by atomic mass is 35.5. The van der Waals surface area contributed by atoms with Gasteiger partial charge in [0.25, 0.3) is 5.91 Å². The van der Waals surface area contributed by atoms with Gasteiger partial charge in [-0.2, -0.15) is 0 Å². The number of fused-ring (bicyclic) bond motifs is 1. The van der Waals surface area contributed by atoms with Crippen LogP contribution in [0, 0.1) is 12.7 Å². The highest BCUT2D eigenvalue weighted by Gasteiger charge is 2.20. The van der Waals surface area contributed by atoms with Gasteiger partial charge in [-0.25, -0.2) is 9.37 Å². The zero-order valence-electron chi connectivity index (χ0n) is 11.8. The topological polar surface area (TPSA) is 67.2 Å². The fourth-order valence-electron chi connectivity index (χ4n) is 2.33. The third kappa shape index (κ3) is 3.40. The van der Waals surface area contributed by atoms with E-state index in [0.717, 1.165) is 12.1 Å². The molecule has 0 unspecified atom stereocenters. The molecule has 0 saturated heterocycles. The van der Waals surface area contributed by atoms with Crippen LogP contribution in [0.1, 0.15) is 27.4 Å². The van der Waals surface area contributed by atoms with E-state index in [9.17, 15) is 9.18 Å². The van der Waals surface area contributed by atoms with E-state index in [2.05, 4.69) is 15.6 Å². The zero-order valence-corrected chi connectivity index (χ0v) is 13.4. The summed E-state index contributed by atoms with van der Waals surface area (Å²) in [6.45, 7) is 3.05. The van der Waals surface area contributed by atoms with Gasteiger partial charge in [0.2, 0.25) is 5.76 Å². The third-order valence-electron chi connectivity index (χ3n) is 3.41. The molecule has 1 aliphatic heterocycles. The number of aryl methyl sites for hydroxylation is 1. The van der Waals surface area contributed by atoms with Gasteiger partial charge in [0.1, 0.15) is 5.82 Å². The Kier molecular flexibility index (Phi) is 6.34. The smallest absolute Gasteiger partial charge is 0.293 e. The molecule has 0 fully saturated rings. The number of halogens is 3. The Bertz CT molecular complexity index is 676. The SMILES string of the molecule is Cc1ncoc1C(=O)Nc1ccc2c(c1F)CCNC2.Cl.Cl. The number of amides is 1. The van der Waals surface area contributed by atoms with Crippen molar-refractivity contribution in [1.82, 2.24) is 10.3 Å². The van der Waals surface area contributed by atoms with Crippen molar-refractivity contribution in [3.63, 3.8) is 0 Å². The summed E-state index contributed by atoms with van der Waals surface area (Å²) in [4.78, 5) is 15.8. The number of rotatable bonds is 2. The van der Waals surface area contributed by atoms with Crippen molar-refractivity contribution < 1.29 is 13.6 Å². The quantitative estimate of drug-likeness (QED) is 0.876. The zero-order chi connectivity index (χ0) is 14.1. The van der Waals surface area contributed by atoms with Crippen molar-refractivity contribution in [2.24, 2.45) is 0 Å². The summed E-state index contributed by atoms with van der Waals surface area (Å²) in [5.74, 6) is -0.758. The Hall–Kier alpha value is -1.63. The van der Waals surface area contributed by atoms with Gasteiger partial charge in [0.15, 0.2) is 6.39 Å². The molecule has 2 aromatic rings. The van der Waals surface area contributed by atoms with Gasteiger partial charge in [-0.3, -0.25) is 4.79 Å². The average Bonchev–Trinajstić information content (AvgIpc) is 2.88. The predicted octanol–water partition coefficient (Wildman–Crippen LogP) is 2.86. The molecule has 0 radical (unpaired) electrons. The van der Waals surface area contributed by atoms with Crippen molar-refractivity contribution in [2.75, 3.05) is 11.9 Å². The number of nitrogens with one attached hydrogen (secondary N) is 2. The predicted molar refractivity (Wildman–Crippen MR) is 85.5 cm³/mol. The number of carbonyl (C=O) groups is 1. The minimum absolute atomic E-state index is 0. The Labute approximate surface area is 139 Å². The highest BCUT2D eigenvalue weighted by Crippen LogP contribution is 2.25. The van der Waals surface area contributed by atoms with E-state index >= 15 is 0 Å². The lowest BCUT2D eigenvalue weighted by molar-refractivity contribution is 0.0995. The molecule has 0 saturated carbocycles. The summed E-state index contributed by atoms with van der Waals surface area (Å²) in [6, 6.07) is 3.40. The van der Waals surface area contributed by atoms with Crippen LogP contribution in [0.2, 0.25) is 0 Å². The second kappa shape index (κ2) is 7.58. The molecule has 0 bridgehead atoms. The number of aromatic nitrogens is 1. The van der Waals surface area contributed by atoms with Crippen molar-refractivity contribution in [1.29, 1.82) is 0 Å². The number of hydrogen-bond donors (Lipinski definition) is 2. The number of anilines is 1. The van der Waals surface area contributed by atoms with E-state index in [1.807, 2.05) is 6.07 Å². The Morgan fingerprint density at radius 2 is 2.18 bits per heavy atom. The fraction of sp³-hybridized carbons (Fsp3) is 0.286. The van der Waals surface area contributed by atoms with Gasteiger partial charge in [0, 0.05) is 6.54 Å². The summed E-state index contributed by atoms with van der Waals surface area (Å²) >= 11 is 0. The molecule has 0 atom stereocenters. The maximum atomic E-state index is 14.4. The number of oxazole rings is 1. The first-order chi connectivity index (χ1) is 9.66. The molecule has 1 aromatic heterocycles. The van der Waals surface area contributed by atoms with E-state index in [1.165, 1.54) is 6.39 Å². The van der Waals surface area contributed by atoms with Crippen LogP contribution in [-0.2, 0) is 13.0 Å². The van der Waals surface area contributed by atoms with Crippen LogP contribution < -0.4 is 10.6 Å².